The normalized spacial score (nSPS) is 10.7. The third-order valence-corrected chi connectivity index (χ3v) is 5.65. The summed E-state index contributed by atoms with van der Waals surface area (Å²) in [5, 5.41) is 7.35. The minimum Gasteiger partial charge on any atom is -0.486 e. The number of carbonyl (C=O) groups excluding carboxylic acids is 2. The number of thiazole rings is 1. The highest BCUT2D eigenvalue weighted by molar-refractivity contribution is 7.09. The molecule has 0 atom stereocenters. The van der Waals surface area contributed by atoms with Crippen molar-refractivity contribution in [2.75, 3.05) is 5.32 Å². The number of nitrogens with zero attached hydrogens (tertiary/aromatic N) is 1. The molecule has 4 aromatic rings. The van der Waals surface area contributed by atoms with Crippen LogP contribution in [0, 0.1) is 6.92 Å². The van der Waals surface area contributed by atoms with Crippen LogP contribution in [0.4, 0.5) is 5.69 Å². The largest absolute Gasteiger partial charge is 0.486 e. The van der Waals surface area contributed by atoms with Crippen LogP contribution in [-0.2, 0) is 17.8 Å². The molecular formula is C24H20N2O3S. The van der Waals surface area contributed by atoms with Gasteiger partial charge in [0.15, 0.2) is 6.29 Å². The lowest BCUT2D eigenvalue weighted by molar-refractivity contribution is -0.115. The summed E-state index contributed by atoms with van der Waals surface area (Å²) in [5.74, 6) is 0.416. The molecule has 1 aromatic heterocycles. The number of aromatic nitrogens is 1. The van der Waals surface area contributed by atoms with Crippen molar-refractivity contribution in [3.8, 4) is 5.75 Å². The van der Waals surface area contributed by atoms with E-state index in [1.165, 1.54) is 11.3 Å². The van der Waals surface area contributed by atoms with Crippen molar-refractivity contribution in [1.82, 2.24) is 4.98 Å². The van der Waals surface area contributed by atoms with E-state index >= 15 is 0 Å². The van der Waals surface area contributed by atoms with Gasteiger partial charge in [-0.25, -0.2) is 4.98 Å². The lowest BCUT2D eigenvalue weighted by Gasteiger charge is -2.09. The van der Waals surface area contributed by atoms with Gasteiger partial charge in [-0.05, 0) is 35.4 Å². The maximum atomic E-state index is 12.3. The van der Waals surface area contributed by atoms with E-state index in [2.05, 4.69) is 10.3 Å². The van der Waals surface area contributed by atoms with Crippen molar-refractivity contribution in [3.05, 3.63) is 87.9 Å². The van der Waals surface area contributed by atoms with E-state index in [-0.39, 0.29) is 18.9 Å². The fraction of sp³-hybridized carbons (Fsp3) is 0.125. The van der Waals surface area contributed by atoms with E-state index in [9.17, 15) is 9.59 Å². The van der Waals surface area contributed by atoms with Gasteiger partial charge in [0.1, 0.15) is 17.4 Å². The Morgan fingerprint density at radius 1 is 1.10 bits per heavy atom. The first-order chi connectivity index (χ1) is 14.6. The smallest absolute Gasteiger partial charge is 0.231 e. The zero-order chi connectivity index (χ0) is 20.9. The van der Waals surface area contributed by atoms with Crippen LogP contribution in [0.25, 0.3) is 10.8 Å². The number of hydrogen-bond acceptors (Lipinski definition) is 5. The molecule has 1 N–H and O–H groups in total. The van der Waals surface area contributed by atoms with Crippen molar-refractivity contribution in [1.29, 1.82) is 0 Å². The number of carbonyl (C=O) groups is 2. The minimum absolute atomic E-state index is 0.108. The Labute approximate surface area is 178 Å². The van der Waals surface area contributed by atoms with Gasteiger partial charge >= 0.3 is 0 Å². The predicted octanol–water partition coefficient (Wildman–Crippen LogP) is 5.18. The molecule has 0 aliphatic carbocycles. The molecule has 0 saturated carbocycles. The maximum Gasteiger partial charge on any atom is 0.231 e. The third-order valence-electron chi connectivity index (χ3n) is 4.75. The lowest BCUT2D eigenvalue weighted by atomic mass is 10.0. The van der Waals surface area contributed by atoms with Gasteiger partial charge in [0.05, 0.1) is 17.7 Å². The molecule has 6 heteroatoms. The first kappa shape index (κ1) is 19.8. The summed E-state index contributed by atoms with van der Waals surface area (Å²) >= 11 is 1.42. The van der Waals surface area contributed by atoms with Crippen LogP contribution in [0.15, 0.2) is 66.0 Å². The van der Waals surface area contributed by atoms with Crippen molar-refractivity contribution >= 4 is 40.0 Å². The summed E-state index contributed by atoms with van der Waals surface area (Å²) in [6.07, 6.45) is 1.02. The summed E-state index contributed by atoms with van der Waals surface area (Å²) in [4.78, 5) is 28.4. The van der Waals surface area contributed by atoms with Gasteiger partial charge in [-0.2, -0.15) is 0 Å². The molecule has 4 rings (SSSR count). The highest BCUT2D eigenvalue weighted by Crippen LogP contribution is 2.27. The van der Waals surface area contributed by atoms with Crippen molar-refractivity contribution in [3.63, 3.8) is 0 Å². The minimum atomic E-state index is -0.108. The molecule has 0 spiro atoms. The van der Waals surface area contributed by atoms with Gasteiger partial charge in [-0.3, -0.25) is 9.59 Å². The average Bonchev–Trinajstić information content (AvgIpc) is 3.20. The van der Waals surface area contributed by atoms with Crippen LogP contribution in [0.2, 0.25) is 0 Å². The fourth-order valence-electron chi connectivity index (χ4n) is 3.22. The lowest BCUT2D eigenvalue weighted by Crippen LogP contribution is -2.15. The SMILES string of the molecule is Cc1ccccc1NC(=O)Cc1nc(COc2ccc3ccccc3c2C=O)cs1. The fourth-order valence-corrected chi connectivity index (χ4v) is 3.99. The first-order valence-electron chi connectivity index (χ1n) is 9.52. The Balaban J connectivity index is 1.40. The molecule has 0 radical (unpaired) electrons. The topological polar surface area (TPSA) is 68.3 Å². The Morgan fingerprint density at radius 3 is 2.73 bits per heavy atom. The molecule has 0 unspecified atom stereocenters. The Kier molecular flexibility index (Phi) is 5.86. The molecule has 1 heterocycles. The van der Waals surface area contributed by atoms with Gasteiger partial charge < -0.3 is 10.1 Å². The second kappa shape index (κ2) is 8.88. The molecule has 0 bridgehead atoms. The van der Waals surface area contributed by atoms with Crippen LogP contribution in [0.3, 0.4) is 0 Å². The number of ether oxygens (including phenoxy) is 1. The molecule has 150 valence electrons. The summed E-state index contributed by atoms with van der Waals surface area (Å²) in [5.41, 5.74) is 3.07. The second-order valence-electron chi connectivity index (χ2n) is 6.88. The van der Waals surface area contributed by atoms with E-state index in [1.807, 2.05) is 66.9 Å². The maximum absolute atomic E-state index is 12.3. The number of aryl methyl sites for hydroxylation is 1. The summed E-state index contributed by atoms with van der Waals surface area (Å²) in [7, 11) is 0. The number of aldehydes is 1. The van der Waals surface area contributed by atoms with Crippen molar-refractivity contribution < 1.29 is 14.3 Å². The summed E-state index contributed by atoms with van der Waals surface area (Å²) in [6, 6.07) is 19.1. The molecule has 0 fully saturated rings. The van der Waals surface area contributed by atoms with E-state index in [0.29, 0.717) is 16.3 Å². The van der Waals surface area contributed by atoms with E-state index < -0.39 is 0 Å². The number of nitrogens with one attached hydrogen (secondary N) is 1. The van der Waals surface area contributed by atoms with E-state index in [1.54, 1.807) is 6.07 Å². The number of para-hydroxylation sites is 1. The Bertz CT molecular complexity index is 1220. The molecule has 3 aromatic carbocycles. The first-order valence-corrected chi connectivity index (χ1v) is 10.4. The van der Waals surface area contributed by atoms with E-state index in [4.69, 9.17) is 4.74 Å². The third kappa shape index (κ3) is 4.39. The quantitative estimate of drug-likeness (QED) is 0.422. The zero-order valence-corrected chi connectivity index (χ0v) is 17.2. The number of rotatable bonds is 7. The molecule has 0 aliphatic rings. The van der Waals surface area contributed by atoms with E-state index in [0.717, 1.165) is 34.0 Å². The molecular weight excluding hydrogens is 396 g/mol. The average molecular weight is 417 g/mol. The predicted molar refractivity (Wildman–Crippen MR) is 119 cm³/mol. The van der Waals surface area contributed by atoms with Gasteiger partial charge in [0.2, 0.25) is 5.91 Å². The van der Waals surface area contributed by atoms with Crippen molar-refractivity contribution in [2.24, 2.45) is 0 Å². The summed E-state index contributed by atoms with van der Waals surface area (Å²) < 4.78 is 5.86. The van der Waals surface area contributed by atoms with Crippen molar-refractivity contribution in [2.45, 2.75) is 20.0 Å². The van der Waals surface area contributed by atoms with Crippen LogP contribution in [-0.4, -0.2) is 17.2 Å². The Morgan fingerprint density at radius 2 is 1.90 bits per heavy atom. The summed E-state index contributed by atoms with van der Waals surface area (Å²) in [6.45, 7) is 2.18. The number of amides is 1. The molecule has 5 nitrogen and oxygen atoms in total. The highest BCUT2D eigenvalue weighted by Gasteiger charge is 2.12. The monoisotopic (exact) mass is 416 g/mol. The second-order valence-corrected chi connectivity index (χ2v) is 7.82. The van der Waals surface area contributed by atoms with Gasteiger partial charge in [-0.1, -0.05) is 48.5 Å². The Hall–Kier alpha value is -3.51. The van der Waals surface area contributed by atoms with Crippen LogP contribution < -0.4 is 10.1 Å². The number of fused-ring (bicyclic) bond motifs is 1. The molecule has 1 amide bonds. The van der Waals surface area contributed by atoms with Gasteiger partial charge in [-0.15, -0.1) is 11.3 Å². The van der Waals surface area contributed by atoms with Gasteiger partial charge in [0.25, 0.3) is 0 Å². The highest BCUT2D eigenvalue weighted by atomic mass is 32.1. The van der Waals surface area contributed by atoms with Crippen LogP contribution in [0.5, 0.6) is 5.75 Å². The van der Waals surface area contributed by atoms with Crippen LogP contribution in [0.1, 0.15) is 26.6 Å². The molecule has 0 aliphatic heterocycles. The number of benzene rings is 3. The molecule has 30 heavy (non-hydrogen) atoms. The number of hydrogen-bond donors (Lipinski definition) is 1. The number of anilines is 1. The standard InChI is InChI=1S/C24H20N2O3S/c1-16-6-2-5-9-21(16)26-23(28)12-24-25-18(15-30-24)14-29-22-11-10-17-7-3-4-8-19(17)20(22)13-27/h2-11,13,15H,12,14H2,1H3,(H,26,28). The molecule has 0 saturated heterocycles. The van der Waals surface area contributed by atoms with Crippen LogP contribution >= 0.6 is 11.3 Å². The zero-order valence-electron chi connectivity index (χ0n) is 16.4. The van der Waals surface area contributed by atoms with Gasteiger partial charge in [0, 0.05) is 11.1 Å².